The highest BCUT2D eigenvalue weighted by Gasteiger charge is 2.14. The van der Waals surface area contributed by atoms with Gasteiger partial charge in [0.2, 0.25) is 0 Å². The Balaban J connectivity index is 2.38. The van der Waals surface area contributed by atoms with Gasteiger partial charge in [0.15, 0.2) is 5.82 Å². The number of carbonyl (C=O) groups is 1. The highest BCUT2D eigenvalue weighted by Crippen LogP contribution is 2.31. The predicted molar refractivity (Wildman–Crippen MR) is 95.7 cm³/mol. The minimum absolute atomic E-state index is 0.169. The molecule has 0 spiro atoms. The first-order valence-corrected chi connectivity index (χ1v) is 8.86. The van der Waals surface area contributed by atoms with Crippen LogP contribution in [0.5, 0.6) is 0 Å². The van der Waals surface area contributed by atoms with Gasteiger partial charge in [-0.3, -0.25) is 4.79 Å². The van der Waals surface area contributed by atoms with Gasteiger partial charge in [-0.1, -0.05) is 35.0 Å². The van der Waals surface area contributed by atoms with E-state index >= 15 is 0 Å². The molecule has 2 rings (SSSR count). The Labute approximate surface area is 149 Å². The molecule has 0 fully saturated rings. The third-order valence-corrected chi connectivity index (χ3v) is 4.39. The molecule has 0 unspecified atom stereocenters. The lowest BCUT2D eigenvalue weighted by Gasteiger charge is -2.14. The fraction of sp³-hybridized carbons (Fsp3) is 0.400. The summed E-state index contributed by atoms with van der Waals surface area (Å²) in [5.41, 5.74) is 1.27. The van der Waals surface area contributed by atoms with Gasteiger partial charge in [0.05, 0.1) is 33.4 Å². The molecule has 0 saturated heterocycles. The van der Waals surface area contributed by atoms with Gasteiger partial charge >= 0.3 is 5.97 Å². The van der Waals surface area contributed by atoms with E-state index < -0.39 is 0 Å². The summed E-state index contributed by atoms with van der Waals surface area (Å²) in [6, 6.07) is 3.52. The summed E-state index contributed by atoms with van der Waals surface area (Å²) in [5.74, 6) is 0.492. The first-order valence-electron chi connectivity index (χ1n) is 7.12. The fourth-order valence-electron chi connectivity index (χ4n) is 1.83. The van der Waals surface area contributed by atoms with Crippen LogP contribution in [0, 0.1) is 0 Å². The van der Waals surface area contributed by atoms with Gasteiger partial charge in [0, 0.05) is 6.04 Å². The summed E-state index contributed by atoms with van der Waals surface area (Å²) in [7, 11) is 0. The van der Waals surface area contributed by atoms with E-state index in [0.717, 1.165) is 0 Å². The second kappa shape index (κ2) is 8.04. The van der Waals surface area contributed by atoms with Crippen molar-refractivity contribution in [2.24, 2.45) is 0 Å². The monoisotopic (exact) mass is 373 g/mol. The molecule has 0 amide bonds. The van der Waals surface area contributed by atoms with Crippen LogP contribution in [-0.2, 0) is 9.53 Å². The zero-order valence-electron chi connectivity index (χ0n) is 13.0. The largest absolute Gasteiger partial charge is 0.465 e. The summed E-state index contributed by atoms with van der Waals surface area (Å²) in [4.78, 5) is 20.7. The van der Waals surface area contributed by atoms with Crippen molar-refractivity contribution in [3.8, 4) is 0 Å². The number of hydrogen-bond acceptors (Lipinski definition) is 6. The number of aromatic nitrogens is 2. The zero-order chi connectivity index (χ0) is 17.0. The van der Waals surface area contributed by atoms with Crippen molar-refractivity contribution in [1.29, 1.82) is 0 Å². The number of carbonyl (C=O) groups excluding carboxylic acids is 1. The number of fused-ring (bicyclic) bond motifs is 1. The lowest BCUT2D eigenvalue weighted by atomic mass is 10.3. The number of halogens is 2. The molecule has 1 aromatic carbocycles. The van der Waals surface area contributed by atoms with E-state index in [4.69, 9.17) is 27.9 Å². The Morgan fingerprint density at radius 1 is 1.26 bits per heavy atom. The third-order valence-electron chi connectivity index (χ3n) is 2.73. The van der Waals surface area contributed by atoms with Gasteiger partial charge in [-0.2, -0.15) is 0 Å². The van der Waals surface area contributed by atoms with Crippen molar-refractivity contribution < 1.29 is 9.53 Å². The normalized spacial score (nSPS) is 11.0. The van der Waals surface area contributed by atoms with Crippen molar-refractivity contribution in [3.05, 3.63) is 22.2 Å². The molecular weight excluding hydrogens is 357 g/mol. The van der Waals surface area contributed by atoms with Crippen LogP contribution in [0.15, 0.2) is 17.2 Å². The van der Waals surface area contributed by atoms with Gasteiger partial charge in [-0.25, -0.2) is 9.97 Å². The quantitative estimate of drug-likeness (QED) is 0.597. The Hall–Kier alpha value is -1.24. The highest BCUT2D eigenvalue weighted by molar-refractivity contribution is 8.00. The average Bonchev–Trinajstić information content (AvgIpc) is 2.46. The van der Waals surface area contributed by atoms with Gasteiger partial charge in [0.1, 0.15) is 5.03 Å². The second-order valence-corrected chi connectivity index (χ2v) is 6.80. The summed E-state index contributed by atoms with van der Waals surface area (Å²) >= 11 is 13.3. The Kier molecular flexibility index (Phi) is 6.33. The van der Waals surface area contributed by atoms with Crippen LogP contribution in [0.3, 0.4) is 0 Å². The Morgan fingerprint density at radius 3 is 2.43 bits per heavy atom. The number of hydrogen-bond donors (Lipinski definition) is 1. The van der Waals surface area contributed by atoms with E-state index in [2.05, 4.69) is 15.3 Å². The van der Waals surface area contributed by atoms with Gasteiger partial charge in [0.25, 0.3) is 0 Å². The lowest BCUT2D eigenvalue weighted by molar-refractivity contribution is -0.139. The first-order chi connectivity index (χ1) is 10.9. The van der Waals surface area contributed by atoms with Gasteiger partial charge in [-0.05, 0) is 32.9 Å². The maximum atomic E-state index is 11.6. The van der Waals surface area contributed by atoms with E-state index in [1.807, 2.05) is 13.8 Å². The van der Waals surface area contributed by atoms with E-state index in [1.54, 1.807) is 19.1 Å². The molecule has 23 heavy (non-hydrogen) atoms. The zero-order valence-corrected chi connectivity index (χ0v) is 15.3. The van der Waals surface area contributed by atoms with E-state index in [9.17, 15) is 4.79 Å². The third kappa shape index (κ3) is 4.86. The molecular formula is C15H17Cl2N3O2S. The van der Waals surface area contributed by atoms with E-state index in [-0.39, 0.29) is 17.8 Å². The van der Waals surface area contributed by atoms with Crippen molar-refractivity contribution in [3.63, 3.8) is 0 Å². The van der Waals surface area contributed by atoms with Crippen molar-refractivity contribution in [2.45, 2.75) is 31.8 Å². The molecule has 1 aromatic heterocycles. The molecule has 0 aliphatic heterocycles. The first kappa shape index (κ1) is 18.1. The Bertz CT molecular complexity index is 725. The molecule has 5 nitrogen and oxygen atoms in total. The topological polar surface area (TPSA) is 64.1 Å². The molecule has 0 atom stereocenters. The van der Waals surface area contributed by atoms with Gasteiger partial charge < -0.3 is 10.1 Å². The molecule has 0 radical (unpaired) electrons. The van der Waals surface area contributed by atoms with E-state index in [0.29, 0.717) is 38.5 Å². The number of ether oxygens (including phenoxy) is 1. The van der Waals surface area contributed by atoms with E-state index in [1.165, 1.54) is 11.8 Å². The summed E-state index contributed by atoms with van der Waals surface area (Å²) in [6.45, 7) is 6.13. The number of nitrogens with zero attached hydrogens (tertiary/aromatic N) is 2. The van der Waals surface area contributed by atoms with Crippen LogP contribution in [-0.4, -0.2) is 34.3 Å². The molecule has 0 aliphatic rings. The molecule has 0 aliphatic carbocycles. The molecule has 0 saturated carbocycles. The molecule has 124 valence electrons. The highest BCUT2D eigenvalue weighted by atomic mass is 35.5. The van der Waals surface area contributed by atoms with Crippen LogP contribution in [0.25, 0.3) is 11.0 Å². The second-order valence-electron chi connectivity index (χ2n) is 5.03. The van der Waals surface area contributed by atoms with Crippen LogP contribution in [0.4, 0.5) is 5.82 Å². The van der Waals surface area contributed by atoms with Crippen LogP contribution in [0.1, 0.15) is 20.8 Å². The van der Waals surface area contributed by atoms with Crippen molar-refractivity contribution >= 4 is 57.8 Å². The Morgan fingerprint density at radius 2 is 1.87 bits per heavy atom. The lowest BCUT2D eigenvalue weighted by Crippen LogP contribution is -2.13. The predicted octanol–water partition coefficient (Wildman–Crippen LogP) is 4.41. The number of thioether (sulfide) groups is 1. The minimum Gasteiger partial charge on any atom is -0.465 e. The number of benzene rings is 1. The van der Waals surface area contributed by atoms with Gasteiger partial charge in [-0.15, -0.1) is 0 Å². The SMILES string of the molecule is CCOC(=O)CSc1nc2cc(Cl)c(Cl)cc2nc1NC(C)C. The minimum atomic E-state index is -0.288. The van der Waals surface area contributed by atoms with Crippen molar-refractivity contribution in [1.82, 2.24) is 9.97 Å². The molecule has 2 aromatic rings. The van der Waals surface area contributed by atoms with Crippen LogP contribution in [0.2, 0.25) is 10.0 Å². The molecule has 1 heterocycles. The fourth-order valence-corrected chi connectivity index (χ4v) is 2.89. The smallest absolute Gasteiger partial charge is 0.316 e. The van der Waals surface area contributed by atoms with Crippen molar-refractivity contribution in [2.75, 3.05) is 17.7 Å². The summed E-state index contributed by atoms with van der Waals surface area (Å²) in [6.07, 6.45) is 0. The maximum Gasteiger partial charge on any atom is 0.316 e. The average molecular weight is 374 g/mol. The number of nitrogens with one attached hydrogen (secondary N) is 1. The van der Waals surface area contributed by atoms with Crippen LogP contribution < -0.4 is 5.32 Å². The molecule has 8 heteroatoms. The standard InChI is InChI=1S/C15H17Cl2N3O2S/c1-4-22-13(21)7-23-15-14(18-8(2)3)19-11-5-9(16)10(17)6-12(11)20-15/h5-6,8H,4,7H2,1-3H3,(H,18,19). The number of anilines is 1. The maximum absolute atomic E-state index is 11.6. The number of esters is 1. The molecule has 1 N–H and O–H groups in total. The summed E-state index contributed by atoms with van der Waals surface area (Å²) in [5, 5.41) is 4.70. The molecule has 0 bridgehead atoms. The summed E-state index contributed by atoms with van der Waals surface area (Å²) < 4.78 is 4.94. The van der Waals surface area contributed by atoms with Crippen LogP contribution >= 0.6 is 35.0 Å². The number of rotatable bonds is 6.